The van der Waals surface area contributed by atoms with Gasteiger partial charge in [-0.15, -0.1) is 0 Å². The van der Waals surface area contributed by atoms with Gasteiger partial charge in [0.25, 0.3) is 0 Å². The van der Waals surface area contributed by atoms with Crippen LogP contribution in [0.3, 0.4) is 0 Å². The lowest BCUT2D eigenvalue weighted by Gasteiger charge is -2.13. The van der Waals surface area contributed by atoms with Crippen LogP contribution in [0.4, 0.5) is 11.6 Å². The average molecular weight is 485 g/mol. The Balaban J connectivity index is 1.58. The molecule has 0 amide bonds. The van der Waals surface area contributed by atoms with Crippen molar-refractivity contribution >= 4 is 40.1 Å². The van der Waals surface area contributed by atoms with E-state index in [0.29, 0.717) is 28.3 Å². The molecule has 5 aromatic rings. The smallest absolute Gasteiger partial charge is 0.343 e. The second-order valence-electron chi connectivity index (χ2n) is 7.75. The van der Waals surface area contributed by atoms with Gasteiger partial charge in [-0.05, 0) is 56.3 Å². The fourth-order valence-corrected chi connectivity index (χ4v) is 3.76. The summed E-state index contributed by atoms with van der Waals surface area (Å²) in [6.07, 6.45) is 1.46. The van der Waals surface area contributed by atoms with Crippen molar-refractivity contribution in [2.45, 2.75) is 13.8 Å². The lowest BCUT2D eigenvalue weighted by molar-refractivity contribution is 0.0526. The number of pyridine rings is 1. The number of anilines is 2. The predicted molar refractivity (Wildman–Crippen MR) is 135 cm³/mol. The molecular formula is C26H21ClN6O2. The van der Waals surface area contributed by atoms with Gasteiger partial charge in [0.15, 0.2) is 11.6 Å². The van der Waals surface area contributed by atoms with Crippen molar-refractivity contribution in [2.75, 3.05) is 11.9 Å². The molecule has 5 rings (SSSR count). The summed E-state index contributed by atoms with van der Waals surface area (Å²) in [7, 11) is 0. The summed E-state index contributed by atoms with van der Waals surface area (Å²) >= 11 is 6.02. The molecule has 3 aromatic heterocycles. The summed E-state index contributed by atoms with van der Waals surface area (Å²) in [6.45, 7) is 3.86. The number of carbonyl (C=O) groups excluding carboxylic acids is 1. The number of nitrogens with zero attached hydrogens (tertiary/aromatic N) is 5. The van der Waals surface area contributed by atoms with Crippen LogP contribution in [0, 0.1) is 6.92 Å². The molecular weight excluding hydrogens is 464 g/mol. The highest BCUT2D eigenvalue weighted by atomic mass is 35.5. The number of benzene rings is 2. The van der Waals surface area contributed by atoms with Crippen molar-refractivity contribution in [1.82, 2.24) is 24.7 Å². The number of halogens is 1. The van der Waals surface area contributed by atoms with Gasteiger partial charge >= 0.3 is 5.97 Å². The minimum absolute atomic E-state index is 0.210. The summed E-state index contributed by atoms with van der Waals surface area (Å²) in [5.41, 5.74) is 2.59. The van der Waals surface area contributed by atoms with E-state index in [0.717, 1.165) is 22.2 Å². The van der Waals surface area contributed by atoms with Crippen LogP contribution in [0.2, 0.25) is 5.02 Å². The van der Waals surface area contributed by atoms with Crippen LogP contribution in [0.1, 0.15) is 23.0 Å². The first kappa shape index (κ1) is 22.5. The molecule has 0 atom stereocenters. The molecule has 35 heavy (non-hydrogen) atoms. The normalized spacial score (nSPS) is 10.9. The summed E-state index contributed by atoms with van der Waals surface area (Å²) < 4.78 is 6.91. The van der Waals surface area contributed by atoms with Crippen LogP contribution in [-0.4, -0.2) is 37.3 Å². The number of ether oxygens (including phenoxy) is 1. The molecule has 0 radical (unpaired) electrons. The molecule has 0 aliphatic carbocycles. The number of nitrogens with one attached hydrogen (secondary N) is 1. The van der Waals surface area contributed by atoms with Crippen LogP contribution in [0.15, 0.2) is 72.9 Å². The Morgan fingerprint density at radius 3 is 2.66 bits per heavy atom. The SMILES string of the molecule is CCOC(=O)c1cnc(-c2ccc(Cl)cc2)nc1Nc1cc(C)nn1-c1ccc2ccccc2n1. The van der Waals surface area contributed by atoms with Crippen molar-refractivity contribution in [3.8, 4) is 17.2 Å². The van der Waals surface area contributed by atoms with Gasteiger partial charge < -0.3 is 10.1 Å². The van der Waals surface area contributed by atoms with Gasteiger partial charge in [0.2, 0.25) is 0 Å². The number of carbonyl (C=O) groups is 1. The van der Waals surface area contributed by atoms with E-state index in [1.807, 2.05) is 61.5 Å². The molecule has 2 aromatic carbocycles. The minimum Gasteiger partial charge on any atom is -0.462 e. The van der Waals surface area contributed by atoms with Crippen LogP contribution < -0.4 is 5.32 Å². The van der Waals surface area contributed by atoms with E-state index in [1.165, 1.54) is 6.20 Å². The first-order chi connectivity index (χ1) is 17.0. The Kier molecular flexibility index (Phi) is 6.12. The van der Waals surface area contributed by atoms with E-state index in [2.05, 4.69) is 20.4 Å². The van der Waals surface area contributed by atoms with Crippen molar-refractivity contribution in [3.05, 3.63) is 89.2 Å². The highest BCUT2D eigenvalue weighted by Gasteiger charge is 2.19. The minimum atomic E-state index is -0.524. The standard InChI is InChI=1S/C26H21ClN6O2/c1-3-35-26(34)20-15-28-24(18-8-11-19(27)12-9-18)31-25(20)30-23-14-16(2)32-33(23)22-13-10-17-6-4-5-7-21(17)29-22/h4-15H,3H2,1-2H3,(H,28,30,31). The zero-order chi connectivity index (χ0) is 24.4. The Morgan fingerprint density at radius 1 is 1.06 bits per heavy atom. The molecule has 0 fully saturated rings. The van der Waals surface area contributed by atoms with Crippen molar-refractivity contribution in [3.63, 3.8) is 0 Å². The molecule has 0 saturated carbocycles. The molecule has 1 N–H and O–H groups in total. The van der Waals surface area contributed by atoms with Crippen LogP contribution in [0.5, 0.6) is 0 Å². The maximum atomic E-state index is 12.7. The van der Waals surface area contributed by atoms with E-state index < -0.39 is 5.97 Å². The van der Waals surface area contributed by atoms with E-state index >= 15 is 0 Å². The van der Waals surface area contributed by atoms with E-state index in [1.54, 1.807) is 23.7 Å². The largest absolute Gasteiger partial charge is 0.462 e. The highest BCUT2D eigenvalue weighted by molar-refractivity contribution is 6.30. The maximum absolute atomic E-state index is 12.7. The lowest BCUT2D eigenvalue weighted by atomic mass is 10.2. The van der Waals surface area contributed by atoms with Gasteiger partial charge in [0, 0.05) is 28.2 Å². The van der Waals surface area contributed by atoms with Gasteiger partial charge in [-0.25, -0.2) is 19.7 Å². The quantitative estimate of drug-likeness (QED) is 0.306. The third kappa shape index (κ3) is 4.69. The van der Waals surface area contributed by atoms with Gasteiger partial charge in [-0.2, -0.15) is 9.78 Å². The molecule has 0 bridgehead atoms. The first-order valence-corrected chi connectivity index (χ1v) is 11.4. The van der Waals surface area contributed by atoms with E-state index in [9.17, 15) is 4.79 Å². The van der Waals surface area contributed by atoms with Gasteiger partial charge in [0.05, 0.1) is 17.8 Å². The Morgan fingerprint density at radius 2 is 1.86 bits per heavy atom. The second-order valence-corrected chi connectivity index (χ2v) is 8.19. The summed E-state index contributed by atoms with van der Waals surface area (Å²) in [5.74, 6) is 1.43. The molecule has 0 spiro atoms. The zero-order valence-electron chi connectivity index (χ0n) is 19.1. The van der Waals surface area contributed by atoms with Gasteiger partial charge in [-0.3, -0.25) is 0 Å². The van der Waals surface area contributed by atoms with E-state index in [4.69, 9.17) is 21.3 Å². The van der Waals surface area contributed by atoms with Crippen molar-refractivity contribution < 1.29 is 9.53 Å². The summed E-state index contributed by atoms with van der Waals surface area (Å²) in [6, 6.07) is 20.8. The number of hydrogen-bond donors (Lipinski definition) is 1. The number of aryl methyl sites for hydroxylation is 1. The number of rotatable bonds is 6. The van der Waals surface area contributed by atoms with Crippen molar-refractivity contribution in [2.24, 2.45) is 0 Å². The lowest BCUT2D eigenvalue weighted by Crippen LogP contribution is -2.12. The molecule has 174 valence electrons. The maximum Gasteiger partial charge on any atom is 0.343 e. The number of para-hydroxylation sites is 1. The predicted octanol–water partition coefficient (Wildman–Crippen LogP) is 5.76. The third-order valence-corrected chi connectivity index (χ3v) is 5.52. The summed E-state index contributed by atoms with van der Waals surface area (Å²) in [4.78, 5) is 26.4. The molecule has 0 saturated heterocycles. The molecule has 3 heterocycles. The Bertz CT molecular complexity index is 1530. The van der Waals surface area contributed by atoms with Gasteiger partial charge in [-0.1, -0.05) is 29.8 Å². The zero-order valence-corrected chi connectivity index (χ0v) is 19.8. The topological polar surface area (TPSA) is 94.8 Å². The number of esters is 1. The van der Waals surface area contributed by atoms with E-state index in [-0.39, 0.29) is 12.2 Å². The van der Waals surface area contributed by atoms with Crippen LogP contribution in [0.25, 0.3) is 28.1 Å². The molecule has 0 aliphatic rings. The average Bonchev–Trinajstić information content (AvgIpc) is 3.24. The molecule has 0 unspecified atom stereocenters. The van der Waals surface area contributed by atoms with Crippen LogP contribution in [-0.2, 0) is 4.74 Å². The third-order valence-electron chi connectivity index (χ3n) is 5.27. The van der Waals surface area contributed by atoms with Crippen LogP contribution >= 0.6 is 11.6 Å². The molecule has 9 heteroatoms. The van der Waals surface area contributed by atoms with Crippen molar-refractivity contribution in [1.29, 1.82) is 0 Å². The Hall–Kier alpha value is -4.30. The highest BCUT2D eigenvalue weighted by Crippen LogP contribution is 2.26. The number of fused-ring (bicyclic) bond motifs is 1. The summed E-state index contributed by atoms with van der Waals surface area (Å²) in [5, 5.41) is 9.49. The molecule has 8 nitrogen and oxygen atoms in total. The van der Waals surface area contributed by atoms with Gasteiger partial charge in [0.1, 0.15) is 17.2 Å². The monoisotopic (exact) mass is 484 g/mol. The number of aromatic nitrogens is 5. The fourth-order valence-electron chi connectivity index (χ4n) is 3.63. The number of hydrogen-bond acceptors (Lipinski definition) is 7. The second kappa shape index (κ2) is 9.52. The Labute approximate surface area is 206 Å². The molecule has 0 aliphatic heterocycles. The fraction of sp³-hybridized carbons (Fsp3) is 0.115. The first-order valence-electron chi connectivity index (χ1n) is 11.0.